The lowest BCUT2D eigenvalue weighted by Gasteiger charge is -2.44. The normalized spacial score (nSPS) is 23.0. The zero-order valence-corrected chi connectivity index (χ0v) is 16.5. The first-order valence-corrected chi connectivity index (χ1v) is 11.0. The number of hydrogen-bond donors (Lipinski definition) is 0. The van der Waals surface area contributed by atoms with E-state index in [-0.39, 0.29) is 16.7 Å². The second-order valence-corrected chi connectivity index (χ2v) is 9.46. The van der Waals surface area contributed by atoms with Gasteiger partial charge in [-0.2, -0.15) is 0 Å². The number of halogens is 1. The van der Waals surface area contributed by atoms with E-state index in [2.05, 4.69) is 0 Å². The smallest absolute Gasteiger partial charge is 0.255 e. The fraction of sp³-hybridized carbons (Fsp3) is 0.600. The van der Waals surface area contributed by atoms with Crippen LogP contribution in [0.3, 0.4) is 0 Å². The van der Waals surface area contributed by atoms with Crippen LogP contribution in [-0.4, -0.2) is 51.9 Å². The number of likely N-dealkylation sites (tertiary alicyclic amines) is 1. The topological polar surface area (TPSA) is 40.6 Å². The molecule has 4 rings (SSSR count). The van der Waals surface area contributed by atoms with Gasteiger partial charge in [0, 0.05) is 41.9 Å². The van der Waals surface area contributed by atoms with E-state index < -0.39 is 0 Å². The summed E-state index contributed by atoms with van der Waals surface area (Å²) in [5.41, 5.74) is 0.656. The molecule has 0 bridgehead atoms. The molecule has 1 aliphatic carbocycles. The molecule has 0 radical (unpaired) electrons. The van der Waals surface area contributed by atoms with Crippen molar-refractivity contribution in [1.29, 1.82) is 0 Å². The molecule has 1 saturated carbocycles. The predicted molar refractivity (Wildman–Crippen MR) is 105 cm³/mol. The molecule has 0 N–H and O–H groups in total. The summed E-state index contributed by atoms with van der Waals surface area (Å²) in [5, 5.41) is 0.591. The number of carbonyl (C=O) groups is 2. The van der Waals surface area contributed by atoms with Gasteiger partial charge in [0.2, 0.25) is 5.91 Å². The van der Waals surface area contributed by atoms with Crippen molar-refractivity contribution in [3.8, 4) is 0 Å². The molecule has 2 amide bonds. The van der Waals surface area contributed by atoms with E-state index in [1.807, 2.05) is 33.7 Å². The third kappa shape index (κ3) is 3.36. The van der Waals surface area contributed by atoms with Gasteiger partial charge in [-0.05, 0) is 43.9 Å². The highest BCUT2D eigenvalue weighted by molar-refractivity contribution is 8.00. The van der Waals surface area contributed by atoms with Gasteiger partial charge in [0.05, 0.1) is 4.87 Å². The lowest BCUT2D eigenvalue weighted by molar-refractivity contribution is -0.137. The van der Waals surface area contributed by atoms with Crippen molar-refractivity contribution in [1.82, 2.24) is 9.80 Å². The Labute approximate surface area is 164 Å². The zero-order valence-electron chi connectivity index (χ0n) is 15.0. The van der Waals surface area contributed by atoms with Gasteiger partial charge in [-0.3, -0.25) is 9.59 Å². The predicted octanol–water partition coefficient (Wildman–Crippen LogP) is 4.04. The first kappa shape index (κ1) is 18.2. The fourth-order valence-corrected chi connectivity index (χ4v) is 6.24. The molecule has 1 spiro atoms. The Balaban J connectivity index is 1.45. The van der Waals surface area contributed by atoms with Crippen molar-refractivity contribution < 1.29 is 9.59 Å². The van der Waals surface area contributed by atoms with Crippen molar-refractivity contribution in [2.45, 2.75) is 43.4 Å². The molecule has 2 heterocycles. The van der Waals surface area contributed by atoms with Crippen LogP contribution in [0, 0.1) is 5.92 Å². The van der Waals surface area contributed by atoms with Crippen LogP contribution in [-0.2, 0) is 4.79 Å². The molecule has 2 saturated heterocycles. The van der Waals surface area contributed by atoms with Crippen molar-refractivity contribution in [3.63, 3.8) is 0 Å². The molecule has 6 heteroatoms. The maximum absolute atomic E-state index is 13.1. The maximum atomic E-state index is 13.1. The van der Waals surface area contributed by atoms with Crippen LogP contribution in [0.5, 0.6) is 0 Å². The summed E-state index contributed by atoms with van der Waals surface area (Å²) in [6.07, 6.45) is 6.20. The van der Waals surface area contributed by atoms with Crippen LogP contribution in [0.25, 0.3) is 0 Å². The summed E-state index contributed by atoms with van der Waals surface area (Å²) in [7, 11) is 0. The second-order valence-electron chi connectivity index (χ2n) is 7.57. The quantitative estimate of drug-likeness (QED) is 0.762. The molecule has 1 aromatic carbocycles. The van der Waals surface area contributed by atoms with Crippen molar-refractivity contribution in [2.75, 3.05) is 25.4 Å². The summed E-state index contributed by atoms with van der Waals surface area (Å²) < 4.78 is 0. The molecule has 0 unspecified atom stereocenters. The number of hydrogen-bond acceptors (Lipinski definition) is 3. The molecule has 1 aromatic rings. The van der Waals surface area contributed by atoms with Crippen molar-refractivity contribution in [2.24, 2.45) is 5.92 Å². The average Bonchev–Trinajstić information content (AvgIpc) is 3.32. The first-order valence-electron chi connectivity index (χ1n) is 9.59. The third-order valence-electron chi connectivity index (χ3n) is 6.06. The third-order valence-corrected chi connectivity index (χ3v) is 7.84. The van der Waals surface area contributed by atoms with Crippen LogP contribution >= 0.6 is 23.4 Å². The number of carbonyl (C=O) groups excluding carboxylic acids is 2. The molecule has 140 valence electrons. The molecular weight excluding hydrogens is 368 g/mol. The largest absolute Gasteiger partial charge is 0.342 e. The monoisotopic (exact) mass is 392 g/mol. The molecule has 0 atom stereocenters. The Hall–Kier alpha value is -1.20. The summed E-state index contributed by atoms with van der Waals surface area (Å²) in [5.74, 6) is 1.61. The number of amides is 2. The second kappa shape index (κ2) is 7.43. The van der Waals surface area contributed by atoms with Gasteiger partial charge < -0.3 is 9.80 Å². The molecule has 3 fully saturated rings. The summed E-state index contributed by atoms with van der Waals surface area (Å²) in [6, 6.07) is 7.21. The molecule has 26 heavy (non-hydrogen) atoms. The number of benzene rings is 1. The molecule has 4 nitrogen and oxygen atoms in total. The van der Waals surface area contributed by atoms with Crippen LogP contribution in [0.4, 0.5) is 0 Å². The van der Waals surface area contributed by atoms with E-state index >= 15 is 0 Å². The van der Waals surface area contributed by atoms with Crippen molar-refractivity contribution in [3.05, 3.63) is 34.9 Å². The Bertz CT molecular complexity index is 697. The average molecular weight is 393 g/mol. The van der Waals surface area contributed by atoms with Crippen LogP contribution in [0.15, 0.2) is 24.3 Å². The highest BCUT2D eigenvalue weighted by Gasteiger charge is 2.47. The van der Waals surface area contributed by atoms with Crippen molar-refractivity contribution >= 4 is 35.2 Å². The minimum Gasteiger partial charge on any atom is -0.342 e. The summed E-state index contributed by atoms with van der Waals surface area (Å²) in [4.78, 5) is 29.7. The van der Waals surface area contributed by atoms with Gasteiger partial charge in [0.25, 0.3) is 5.91 Å². The number of rotatable bonds is 2. The van der Waals surface area contributed by atoms with Gasteiger partial charge in [-0.1, -0.05) is 30.5 Å². The van der Waals surface area contributed by atoms with E-state index in [9.17, 15) is 9.59 Å². The van der Waals surface area contributed by atoms with Gasteiger partial charge in [-0.15, -0.1) is 11.8 Å². The summed E-state index contributed by atoms with van der Waals surface area (Å²) in [6.45, 7) is 2.30. The number of piperidine rings is 1. The Morgan fingerprint density at radius 1 is 1.12 bits per heavy atom. The lowest BCUT2D eigenvalue weighted by Crippen LogP contribution is -2.54. The van der Waals surface area contributed by atoms with E-state index in [0.29, 0.717) is 16.5 Å². The van der Waals surface area contributed by atoms with Crippen LogP contribution in [0.2, 0.25) is 5.02 Å². The van der Waals surface area contributed by atoms with Crippen LogP contribution in [0.1, 0.15) is 48.9 Å². The van der Waals surface area contributed by atoms with E-state index in [4.69, 9.17) is 11.6 Å². The van der Waals surface area contributed by atoms with Gasteiger partial charge in [0.15, 0.2) is 0 Å². The molecular formula is C20H25ClN2O2S. The Morgan fingerprint density at radius 2 is 1.85 bits per heavy atom. The fourth-order valence-electron chi connectivity index (χ4n) is 4.59. The van der Waals surface area contributed by atoms with E-state index in [1.165, 1.54) is 12.8 Å². The standard InChI is InChI=1S/C20H25ClN2O2S/c21-17-7-3-6-16(14-17)19(25)23-12-13-26-20(23)8-10-22(11-9-20)18(24)15-4-1-2-5-15/h3,6-7,14-15H,1-2,4-5,8-13H2. The Morgan fingerprint density at radius 3 is 2.54 bits per heavy atom. The summed E-state index contributed by atoms with van der Waals surface area (Å²) >= 11 is 7.95. The molecule has 3 aliphatic rings. The molecule has 0 aromatic heterocycles. The number of thioether (sulfide) groups is 1. The highest BCUT2D eigenvalue weighted by atomic mass is 35.5. The lowest BCUT2D eigenvalue weighted by atomic mass is 9.98. The van der Waals surface area contributed by atoms with Gasteiger partial charge in [0.1, 0.15) is 0 Å². The maximum Gasteiger partial charge on any atom is 0.255 e. The first-order chi connectivity index (χ1) is 12.6. The SMILES string of the molecule is O=C(C1CCCC1)N1CCC2(CC1)SCCN2C(=O)c1cccc(Cl)c1. The van der Waals surface area contributed by atoms with Gasteiger partial charge >= 0.3 is 0 Å². The van der Waals surface area contributed by atoms with Gasteiger partial charge in [-0.25, -0.2) is 0 Å². The van der Waals surface area contributed by atoms with E-state index in [0.717, 1.165) is 51.1 Å². The number of nitrogens with zero attached hydrogens (tertiary/aromatic N) is 2. The molecule has 2 aliphatic heterocycles. The highest BCUT2D eigenvalue weighted by Crippen LogP contribution is 2.45. The Kier molecular flexibility index (Phi) is 5.20. The minimum atomic E-state index is -0.161. The van der Waals surface area contributed by atoms with E-state index in [1.54, 1.807) is 12.1 Å². The zero-order chi connectivity index (χ0) is 18.1. The minimum absolute atomic E-state index is 0.0630. The van der Waals surface area contributed by atoms with Crippen LogP contribution < -0.4 is 0 Å².